The van der Waals surface area contributed by atoms with Gasteiger partial charge in [-0.15, -0.1) is 0 Å². The molecule has 0 aliphatic carbocycles. The average Bonchev–Trinajstić information content (AvgIpc) is 2.29. The van der Waals surface area contributed by atoms with Crippen molar-refractivity contribution in [1.82, 2.24) is 9.91 Å². The summed E-state index contributed by atoms with van der Waals surface area (Å²) in [4.78, 5) is 2.62. The zero-order chi connectivity index (χ0) is 11.8. The molecule has 1 rings (SSSR count). The van der Waals surface area contributed by atoms with Crippen LogP contribution < -0.4 is 5.84 Å². The molecule has 2 N–H and O–H groups in total. The summed E-state index contributed by atoms with van der Waals surface area (Å²) >= 11 is 0. The summed E-state index contributed by atoms with van der Waals surface area (Å²) in [5.41, 5.74) is 0. The van der Waals surface area contributed by atoms with Gasteiger partial charge in [-0.3, -0.25) is 5.84 Å². The zero-order valence-electron chi connectivity index (χ0n) is 11.1. The molecule has 96 valence electrons. The minimum absolute atomic E-state index is 0.913. The molecule has 1 aliphatic rings. The van der Waals surface area contributed by atoms with E-state index in [1.54, 1.807) is 0 Å². The van der Waals surface area contributed by atoms with E-state index in [2.05, 4.69) is 18.7 Å². The first kappa shape index (κ1) is 13.9. The Bertz CT molecular complexity index is 159. The maximum absolute atomic E-state index is 5.77. The van der Waals surface area contributed by atoms with Gasteiger partial charge in [-0.05, 0) is 57.7 Å². The van der Waals surface area contributed by atoms with Gasteiger partial charge in [0.25, 0.3) is 0 Å². The Morgan fingerprint density at radius 1 is 1.06 bits per heavy atom. The zero-order valence-corrected chi connectivity index (χ0v) is 11.1. The van der Waals surface area contributed by atoms with Crippen LogP contribution >= 0.6 is 0 Å². The smallest absolute Gasteiger partial charge is 0.0131 e. The van der Waals surface area contributed by atoms with E-state index >= 15 is 0 Å². The minimum Gasteiger partial charge on any atom is -0.303 e. The molecule has 0 radical (unpaired) electrons. The number of hydrogen-bond acceptors (Lipinski definition) is 3. The lowest BCUT2D eigenvalue weighted by Gasteiger charge is -2.30. The monoisotopic (exact) mass is 227 g/mol. The Morgan fingerprint density at radius 2 is 1.62 bits per heavy atom. The van der Waals surface area contributed by atoms with Crippen LogP contribution in [0.4, 0.5) is 0 Å². The molecule has 1 heterocycles. The average molecular weight is 227 g/mol. The Kier molecular flexibility index (Phi) is 7.01. The van der Waals surface area contributed by atoms with Crippen molar-refractivity contribution in [2.24, 2.45) is 11.8 Å². The van der Waals surface area contributed by atoms with Crippen molar-refractivity contribution in [3.63, 3.8) is 0 Å². The van der Waals surface area contributed by atoms with Crippen molar-refractivity contribution in [1.29, 1.82) is 0 Å². The summed E-state index contributed by atoms with van der Waals surface area (Å²) in [5, 5.41) is 1.96. The standard InChI is InChI=1S/C13H29N3/c1-3-8-15(9-4-2)10-5-13-6-11-16(14)12-7-13/h13H,3-12,14H2,1-2H3. The van der Waals surface area contributed by atoms with E-state index in [9.17, 15) is 0 Å². The minimum atomic E-state index is 0.913. The second kappa shape index (κ2) is 8.04. The van der Waals surface area contributed by atoms with Crippen LogP contribution in [0.25, 0.3) is 0 Å². The van der Waals surface area contributed by atoms with Gasteiger partial charge in [0.2, 0.25) is 0 Å². The van der Waals surface area contributed by atoms with Crippen LogP contribution in [0, 0.1) is 5.92 Å². The molecule has 0 bridgehead atoms. The maximum Gasteiger partial charge on any atom is 0.0131 e. The van der Waals surface area contributed by atoms with Crippen molar-refractivity contribution in [3.05, 3.63) is 0 Å². The number of piperidine rings is 1. The highest BCUT2D eigenvalue weighted by Crippen LogP contribution is 2.19. The predicted octanol–water partition coefficient (Wildman–Crippen LogP) is 2.08. The van der Waals surface area contributed by atoms with Crippen LogP contribution in [0.5, 0.6) is 0 Å². The lowest BCUT2D eigenvalue weighted by atomic mass is 9.94. The van der Waals surface area contributed by atoms with E-state index in [4.69, 9.17) is 5.84 Å². The third-order valence-electron chi connectivity index (χ3n) is 3.58. The van der Waals surface area contributed by atoms with Crippen molar-refractivity contribution in [2.75, 3.05) is 32.7 Å². The second-order valence-corrected chi connectivity index (χ2v) is 5.11. The molecule has 0 aromatic carbocycles. The lowest BCUT2D eigenvalue weighted by molar-refractivity contribution is 0.165. The third kappa shape index (κ3) is 5.28. The van der Waals surface area contributed by atoms with Crippen molar-refractivity contribution in [3.8, 4) is 0 Å². The third-order valence-corrected chi connectivity index (χ3v) is 3.58. The molecule has 1 saturated heterocycles. The fraction of sp³-hybridized carbons (Fsp3) is 1.00. The highest BCUT2D eigenvalue weighted by atomic mass is 15.4. The molecule has 1 fully saturated rings. The number of hydrogen-bond donors (Lipinski definition) is 1. The Morgan fingerprint density at radius 3 is 2.12 bits per heavy atom. The van der Waals surface area contributed by atoms with Gasteiger partial charge in [-0.25, -0.2) is 5.01 Å². The van der Waals surface area contributed by atoms with Gasteiger partial charge >= 0.3 is 0 Å². The van der Waals surface area contributed by atoms with Gasteiger partial charge in [0.05, 0.1) is 0 Å². The SMILES string of the molecule is CCCN(CCC)CCC1CCN(N)CC1. The predicted molar refractivity (Wildman–Crippen MR) is 70.1 cm³/mol. The molecule has 0 aromatic rings. The fourth-order valence-electron chi connectivity index (χ4n) is 2.57. The molecule has 0 spiro atoms. The molecule has 3 nitrogen and oxygen atoms in total. The van der Waals surface area contributed by atoms with Gasteiger partial charge in [-0.1, -0.05) is 13.8 Å². The van der Waals surface area contributed by atoms with E-state index in [-0.39, 0.29) is 0 Å². The van der Waals surface area contributed by atoms with Crippen LogP contribution in [0.2, 0.25) is 0 Å². The number of nitrogens with zero attached hydrogens (tertiary/aromatic N) is 2. The molecule has 0 saturated carbocycles. The van der Waals surface area contributed by atoms with Crippen LogP contribution in [0.15, 0.2) is 0 Å². The number of rotatable bonds is 7. The fourth-order valence-corrected chi connectivity index (χ4v) is 2.57. The van der Waals surface area contributed by atoms with E-state index in [0.717, 1.165) is 19.0 Å². The van der Waals surface area contributed by atoms with Gasteiger partial charge in [0, 0.05) is 13.1 Å². The normalized spacial score (nSPS) is 19.5. The van der Waals surface area contributed by atoms with Crippen molar-refractivity contribution < 1.29 is 0 Å². The Hall–Kier alpha value is -0.120. The topological polar surface area (TPSA) is 32.5 Å². The first-order valence-corrected chi connectivity index (χ1v) is 6.98. The highest BCUT2D eigenvalue weighted by molar-refractivity contribution is 4.70. The molecule has 3 heteroatoms. The largest absolute Gasteiger partial charge is 0.303 e. The summed E-state index contributed by atoms with van der Waals surface area (Å²) in [6, 6.07) is 0. The molecule has 1 aliphatic heterocycles. The van der Waals surface area contributed by atoms with E-state index in [1.807, 2.05) is 5.01 Å². The van der Waals surface area contributed by atoms with Gasteiger partial charge in [-0.2, -0.15) is 0 Å². The number of hydrazine groups is 1. The summed E-state index contributed by atoms with van der Waals surface area (Å²) in [7, 11) is 0. The first-order chi connectivity index (χ1) is 7.76. The maximum atomic E-state index is 5.77. The summed E-state index contributed by atoms with van der Waals surface area (Å²) < 4.78 is 0. The Balaban J connectivity index is 2.15. The summed E-state index contributed by atoms with van der Waals surface area (Å²) in [6.07, 6.45) is 6.52. The van der Waals surface area contributed by atoms with E-state index < -0.39 is 0 Å². The number of nitrogens with two attached hydrogens (primary N) is 1. The molecular weight excluding hydrogens is 198 g/mol. The van der Waals surface area contributed by atoms with Gasteiger partial charge in [0.1, 0.15) is 0 Å². The molecule has 0 atom stereocenters. The van der Waals surface area contributed by atoms with E-state index in [1.165, 1.54) is 51.7 Å². The molecule has 16 heavy (non-hydrogen) atoms. The van der Waals surface area contributed by atoms with Crippen molar-refractivity contribution >= 4 is 0 Å². The quantitative estimate of drug-likeness (QED) is 0.676. The molecule has 0 unspecified atom stereocenters. The van der Waals surface area contributed by atoms with E-state index in [0.29, 0.717) is 0 Å². The van der Waals surface area contributed by atoms with Crippen LogP contribution in [0.3, 0.4) is 0 Å². The Labute approximate surface area is 101 Å². The molecule has 0 aromatic heterocycles. The lowest BCUT2D eigenvalue weighted by Crippen LogP contribution is -2.39. The highest BCUT2D eigenvalue weighted by Gasteiger charge is 2.17. The van der Waals surface area contributed by atoms with Crippen LogP contribution in [0.1, 0.15) is 46.0 Å². The van der Waals surface area contributed by atoms with Crippen LogP contribution in [-0.2, 0) is 0 Å². The molecule has 0 amide bonds. The van der Waals surface area contributed by atoms with Crippen LogP contribution in [-0.4, -0.2) is 42.6 Å². The van der Waals surface area contributed by atoms with Gasteiger partial charge < -0.3 is 4.90 Å². The first-order valence-electron chi connectivity index (χ1n) is 6.98. The van der Waals surface area contributed by atoms with Crippen molar-refractivity contribution in [2.45, 2.75) is 46.0 Å². The summed E-state index contributed by atoms with van der Waals surface area (Å²) in [6.45, 7) is 10.5. The van der Waals surface area contributed by atoms with Gasteiger partial charge in [0.15, 0.2) is 0 Å². The molecular formula is C13H29N3. The second-order valence-electron chi connectivity index (χ2n) is 5.11. The summed E-state index contributed by atoms with van der Waals surface area (Å²) in [5.74, 6) is 6.68.